The van der Waals surface area contributed by atoms with E-state index in [1.165, 1.54) is 28.2 Å². The van der Waals surface area contributed by atoms with Gasteiger partial charge in [-0.2, -0.15) is 5.10 Å². The predicted octanol–water partition coefficient (Wildman–Crippen LogP) is 2.84. The van der Waals surface area contributed by atoms with Crippen molar-refractivity contribution in [1.29, 1.82) is 0 Å². The highest BCUT2D eigenvalue weighted by atomic mass is 16.6. The number of rotatable bonds is 4. The number of benzene rings is 1. The fourth-order valence-electron chi connectivity index (χ4n) is 2.97. The minimum Gasteiger partial charge on any atom is -0.337 e. The van der Waals surface area contributed by atoms with Crippen LogP contribution in [0.4, 0.5) is 5.69 Å². The summed E-state index contributed by atoms with van der Waals surface area (Å²) in [6.07, 6.45) is 5.31. The smallest absolute Gasteiger partial charge is 0.307 e. The second-order valence-corrected chi connectivity index (χ2v) is 6.56. The first-order valence-corrected chi connectivity index (χ1v) is 8.13. The zero-order chi connectivity index (χ0) is 18.0. The monoisotopic (exact) mass is 340 g/mol. The number of hydrogen-bond donors (Lipinski definition) is 0. The Morgan fingerprint density at radius 1 is 1.28 bits per heavy atom. The van der Waals surface area contributed by atoms with E-state index >= 15 is 0 Å². The van der Waals surface area contributed by atoms with Gasteiger partial charge in [0.25, 0.3) is 0 Å². The minimum absolute atomic E-state index is 0.103. The first kappa shape index (κ1) is 16.9. The second-order valence-electron chi connectivity index (χ2n) is 6.56. The van der Waals surface area contributed by atoms with E-state index in [-0.39, 0.29) is 11.6 Å². The molecule has 0 N–H and O–H groups in total. The van der Waals surface area contributed by atoms with E-state index in [9.17, 15) is 14.9 Å². The quantitative estimate of drug-likeness (QED) is 0.633. The fraction of sp³-hybridized carbons (Fsp3) is 0.333. The van der Waals surface area contributed by atoms with Crippen LogP contribution in [0, 0.1) is 10.1 Å². The number of aromatic nitrogens is 2. The summed E-state index contributed by atoms with van der Waals surface area (Å²) in [6, 6.07) is 10.1. The van der Waals surface area contributed by atoms with Gasteiger partial charge in [-0.25, -0.2) is 0 Å². The van der Waals surface area contributed by atoms with E-state index in [1.54, 1.807) is 18.7 Å². The molecule has 0 saturated heterocycles. The van der Waals surface area contributed by atoms with E-state index < -0.39 is 10.5 Å². The summed E-state index contributed by atoms with van der Waals surface area (Å²) >= 11 is 0. The molecule has 1 aliphatic heterocycles. The SMILES string of the molecule is CC(C)(C(=O)N1CC=C(c2ccccc2)CC1)n1cc([N+](=O)[O-])cn1. The predicted molar refractivity (Wildman–Crippen MR) is 93.8 cm³/mol. The summed E-state index contributed by atoms with van der Waals surface area (Å²) in [5.74, 6) is -0.103. The summed E-state index contributed by atoms with van der Waals surface area (Å²) in [5, 5.41) is 14.8. The molecule has 0 unspecified atom stereocenters. The van der Waals surface area contributed by atoms with Gasteiger partial charge < -0.3 is 4.90 Å². The molecule has 1 aliphatic rings. The first-order valence-electron chi connectivity index (χ1n) is 8.13. The lowest BCUT2D eigenvalue weighted by Gasteiger charge is -2.34. The third-order valence-electron chi connectivity index (χ3n) is 4.52. The Morgan fingerprint density at radius 3 is 2.56 bits per heavy atom. The van der Waals surface area contributed by atoms with Crippen LogP contribution in [0.3, 0.4) is 0 Å². The number of nitro groups is 1. The average molecular weight is 340 g/mol. The molecule has 2 aromatic rings. The first-order chi connectivity index (χ1) is 11.9. The number of hydrogen-bond acceptors (Lipinski definition) is 4. The molecule has 1 amide bonds. The van der Waals surface area contributed by atoms with E-state index in [0.29, 0.717) is 13.1 Å². The maximum atomic E-state index is 12.9. The van der Waals surface area contributed by atoms with Crippen LogP contribution in [0.5, 0.6) is 0 Å². The van der Waals surface area contributed by atoms with Crippen molar-refractivity contribution < 1.29 is 9.72 Å². The molecular weight excluding hydrogens is 320 g/mol. The van der Waals surface area contributed by atoms with E-state index in [4.69, 9.17) is 0 Å². The van der Waals surface area contributed by atoms with E-state index in [2.05, 4.69) is 23.3 Å². The number of amides is 1. The molecule has 1 aromatic carbocycles. The largest absolute Gasteiger partial charge is 0.337 e. The van der Waals surface area contributed by atoms with Gasteiger partial charge in [-0.05, 0) is 31.4 Å². The molecule has 0 saturated carbocycles. The Kier molecular flexibility index (Phi) is 4.39. The molecule has 0 aliphatic carbocycles. The molecule has 0 radical (unpaired) electrons. The van der Waals surface area contributed by atoms with Crippen LogP contribution in [0.25, 0.3) is 5.57 Å². The van der Waals surface area contributed by atoms with E-state index in [1.807, 2.05) is 18.2 Å². The fourth-order valence-corrected chi connectivity index (χ4v) is 2.97. The summed E-state index contributed by atoms with van der Waals surface area (Å²) in [4.78, 5) is 25.0. The summed E-state index contributed by atoms with van der Waals surface area (Å²) < 4.78 is 1.36. The average Bonchev–Trinajstić information content (AvgIpc) is 3.13. The standard InChI is InChI=1S/C18H20N4O3/c1-18(2,21-13-16(12-19-21)22(24)25)17(23)20-10-8-15(9-11-20)14-6-4-3-5-7-14/h3-8,12-13H,9-11H2,1-2H3. The normalized spacial score (nSPS) is 15.0. The lowest BCUT2D eigenvalue weighted by molar-refractivity contribution is -0.385. The van der Waals surface area contributed by atoms with Crippen LogP contribution in [-0.2, 0) is 10.3 Å². The highest BCUT2D eigenvalue weighted by Crippen LogP contribution is 2.26. The van der Waals surface area contributed by atoms with Gasteiger partial charge >= 0.3 is 5.69 Å². The molecule has 0 atom stereocenters. The molecular formula is C18H20N4O3. The highest BCUT2D eigenvalue weighted by Gasteiger charge is 2.36. The van der Waals surface area contributed by atoms with Crippen LogP contribution >= 0.6 is 0 Å². The van der Waals surface area contributed by atoms with Gasteiger partial charge in [0.15, 0.2) is 0 Å². The van der Waals surface area contributed by atoms with Crippen molar-refractivity contribution in [1.82, 2.24) is 14.7 Å². The van der Waals surface area contributed by atoms with Crippen molar-refractivity contribution >= 4 is 17.2 Å². The van der Waals surface area contributed by atoms with Crippen molar-refractivity contribution in [3.05, 3.63) is 64.5 Å². The Labute approximate surface area is 145 Å². The van der Waals surface area contributed by atoms with Gasteiger partial charge in [0.2, 0.25) is 5.91 Å². The third-order valence-corrected chi connectivity index (χ3v) is 4.52. The van der Waals surface area contributed by atoms with Crippen LogP contribution in [0.15, 0.2) is 48.8 Å². The second kappa shape index (κ2) is 6.51. The zero-order valence-corrected chi connectivity index (χ0v) is 14.3. The molecule has 2 heterocycles. The molecule has 3 rings (SSSR count). The maximum Gasteiger partial charge on any atom is 0.307 e. The van der Waals surface area contributed by atoms with Gasteiger partial charge in [0.1, 0.15) is 17.9 Å². The summed E-state index contributed by atoms with van der Waals surface area (Å²) in [7, 11) is 0. The topological polar surface area (TPSA) is 81.3 Å². The molecule has 7 nitrogen and oxygen atoms in total. The zero-order valence-electron chi connectivity index (χ0n) is 14.3. The van der Waals surface area contributed by atoms with Gasteiger partial charge in [-0.15, -0.1) is 0 Å². The van der Waals surface area contributed by atoms with Crippen LogP contribution in [0.2, 0.25) is 0 Å². The lowest BCUT2D eigenvalue weighted by Crippen LogP contribution is -2.48. The summed E-state index contributed by atoms with van der Waals surface area (Å²) in [5.41, 5.74) is 1.31. The van der Waals surface area contributed by atoms with Crippen LogP contribution < -0.4 is 0 Å². The summed E-state index contributed by atoms with van der Waals surface area (Å²) in [6.45, 7) is 4.59. The van der Waals surface area contributed by atoms with Crippen LogP contribution in [0.1, 0.15) is 25.8 Å². The number of carbonyl (C=O) groups is 1. The molecule has 130 valence electrons. The van der Waals surface area contributed by atoms with Crippen molar-refractivity contribution in [2.75, 3.05) is 13.1 Å². The van der Waals surface area contributed by atoms with Gasteiger partial charge in [-0.3, -0.25) is 19.6 Å². The van der Waals surface area contributed by atoms with Gasteiger partial charge in [-0.1, -0.05) is 36.4 Å². The molecule has 0 fully saturated rings. The van der Waals surface area contributed by atoms with Gasteiger partial charge in [0.05, 0.1) is 4.92 Å². The highest BCUT2D eigenvalue weighted by molar-refractivity contribution is 5.84. The maximum absolute atomic E-state index is 12.9. The van der Waals surface area contributed by atoms with Gasteiger partial charge in [0, 0.05) is 13.1 Å². The Bertz CT molecular complexity index is 824. The molecule has 1 aromatic heterocycles. The molecule has 7 heteroatoms. The van der Waals surface area contributed by atoms with E-state index in [0.717, 1.165) is 6.42 Å². The Morgan fingerprint density at radius 2 is 2.00 bits per heavy atom. The lowest BCUT2D eigenvalue weighted by atomic mass is 9.97. The van der Waals surface area contributed by atoms with Crippen molar-refractivity contribution in [3.63, 3.8) is 0 Å². The van der Waals surface area contributed by atoms with Crippen LogP contribution in [-0.4, -0.2) is 38.6 Å². The van der Waals surface area contributed by atoms with Crippen molar-refractivity contribution in [2.45, 2.75) is 25.8 Å². The molecule has 25 heavy (non-hydrogen) atoms. The molecule has 0 spiro atoms. The minimum atomic E-state index is -0.980. The Balaban J connectivity index is 1.75. The Hall–Kier alpha value is -2.96. The van der Waals surface area contributed by atoms with Crippen molar-refractivity contribution in [3.8, 4) is 0 Å². The number of nitrogens with zero attached hydrogens (tertiary/aromatic N) is 4. The molecule has 0 bridgehead atoms. The number of carbonyl (C=O) groups excluding carboxylic acids is 1. The third kappa shape index (κ3) is 3.31. The van der Waals surface area contributed by atoms with Crippen molar-refractivity contribution in [2.24, 2.45) is 0 Å².